The summed E-state index contributed by atoms with van der Waals surface area (Å²) < 4.78 is 14.6. The fourth-order valence-corrected chi connectivity index (χ4v) is 3.39. The second-order valence-corrected chi connectivity index (χ2v) is 6.74. The average molecular weight is 407 g/mol. The standard InChI is InChI=1S/C15H12Br2ClF/c1-8-5-10(6-9(2)15(8)19)14(17)12-7-11(16)3-4-13(12)18/h3-7,14H,1-2H3. The zero-order valence-electron chi connectivity index (χ0n) is 10.5. The van der Waals surface area contributed by atoms with Gasteiger partial charge >= 0.3 is 0 Å². The number of alkyl halides is 1. The third-order valence-electron chi connectivity index (χ3n) is 2.98. The van der Waals surface area contributed by atoms with Gasteiger partial charge in [-0.05, 0) is 54.3 Å². The Morgan fingerprint density at radius 1 is 1.11 bits per heavy atom. The lowest BCUT2D eigenvalue weighted by Crippen LogP contribution is -1.98. The summed E-state index contributed by atoms with van der Waals surface area (Å²) in [5.41, 5.74) is 3.24. The van der Waals surface area contributed by atoms with Crippen LogP contribution in [0.2, 0.25) is 5.02 Å². The van der Waals surface area contributed by atoms with Crippen LogP contribution >= 0.6 is 43.5 Å². The topological polar surface area (TPSA) is 0 Å². The lowest BCUT2D eigenvalue weighted by molar-refractivity contribution is 0.608. The number of halogens is 4. The molecule has 0 aliphatic carbocycles. The first-order valence-electron chi connectivity index (χ1n) is 5.76. The van der Waals surface area contributed by atoms with Gasteiger partial charge in [0, 0.05) is 9.50 Å². The first-order chi connectivity index (χ1) is 8.90. The highest BCUT2D eigenvalue weighted by Crippen LogP contribution is 2.37. The van der Waals surface area contributed by atoms with Gasteiger partial charge in [0.15, 0.2) is 0 Å². The van der Waals surface area contributed by atoms with Crippen molar-refractivity contribution < 1.29 is 4.39 Å². The van der Waals surface area contributed by atoms with Crippen molar-refractivity contribution in [2.24, 2.45) is 0 Å². The van der Waals surface area contributed by atoms with Crippen molar-refractivity contribution in [2.75, 3.05) is 0 Å². The molecule has 100 valence electrons. The second kappa shape index (κ2) is 5.94. The fourth-order valence-electron chi connectivity index (χ4n) is 2.01. The third-order valence-corrected chi connectivity index (χ3v) is 4.84. The summed E-state index contributed by atoms with van der Waals surface area (Å²) in [5.74, 6) is -0.149. The van der Waals surface area contributed by atoms with Crippen molar-refractivity contribution in [1.82, 2.24) is 0 Å². The Bertz CT molecular complexity index is 603. The van der Waals surface area contributed by atoms with Crippen molar-refractivity contribution in [3.05, 3.63) is 67.9 Å². The molecule has 2 aromatic carbocycles. The van der Waals surface area contributed by atoms with Crippen LogP contribution in [0.25, 0.3) is 0 Å². The largest absolute Gasteiger partial charge is 0.206 e. The summed E-state index contributed by atoms with van der Waals surface area (Å²) in [6.07, 6.45) is 0. The van der Waals surface area contributed by atoms with E-state index in [0.29, 0.717) is 16.1 Å². The summed E-state index contributed by atoms with van der Waals surface area (Å²) >= 11 is 13.3. The molecular formula is C15H12Br2ClF. The van der Waals surface area contributed by atoms with E-state index < -0.39 is 0 Å². The summed E-state index contributed by atoms with van der Waals surface area (Å²) in [6.45, 7) is 3.54. The minimum absolute atomic E-state index is 0.0597. The van der Waals surface area contributed by atoms with Crippen LogP contribution < -0.4 is 0 Å². The molecule has 0 N–H and O–H groups in total. The van der Waals surface area contributed by atoms with Gasteiger partial charge in [0.2, 0.25) is 0 Å². The molecule has 0 bridgehead atoms. The third kappa shape index (κ3) is 3.21. The van der Waals surface area contributed by atoms with Crippen molar-refractivity contribution in [1.29, 1.82) is 0 Å². The van der Waals surface area contributed by atoms with Crippen LogP contribution in [0, 0.1) is 19.7 Å². The van der Waals surface area contributed by atoms with Crippen LogP contribution in [0.3, 0.4) is 0 Å². The zero-order valence-corrected chi connectivity index (χ0v) is 14.4. The van der Waals surface area contributed by atoms with Crippen molar-refractivity contribution >= 4 is 43.5 Å². The fraction of sp³-hybridized carbons (Fsp3) is 0.200. The average Bonchev–Trinajstić information content (AvgIpc) is 2.37. The van der Waals surface area contributed by atoms with Gasteiger partial charge in [-0.15, -0.1) is 0 Å². The predicted molar refractivity (Wildman–Crippen MR) is 85.8 cm³/mol. The summed E-state index contributed by atoms with van der Waals surface area (Å²) in [7, 11) is 0. The predicted octanol–water partition coefficient (Wildman–Crippen LogP) is 6.34. The van der Waals surface area contributed by atoms with E-state index >= 15 is 0 Å². The van der Waals surface area contributed by atoms with Crippen LogP contribution in [0.15, 0.2) is 34.8 Å². The van der Waals surface area contributed by atoms with E-state index in [2.05, 4.69) is 31.9 Å². The summed E-state index contributed by atoms with van der Waals surface area (Å²) in [4.78, 5) is -0.0597. The highest BCUT2D eigenvalue weighted by molar-refractivity contribution is 9.10. The SMILES string of the molecule is Cc1cc(C(Br)c2cc(Br)ccc2Cl)cc(C)c1F. The van der Waals surface area contributed by atoms with E-state index in [1.165, 1.54) is 0 Å². The Morgan fingerprint density at radius 2 is 1.68 bits per heavy atom. The van der Waals surface area contributed by atoms with Crippen LogP contribution in [0.1, 0.15) is 27.1 Å². The van der Waals surface area contributed by atoms with Gasteiger partial charge in [-0.1, -0.05) is 55.6 Å². The molecule has 0 amide bonds. The van der Waals surface area contributed by atoms with Crippen LogP contribution in [0.4, 0.5) is 4.39 Å². The molecule has 0 aliphatic rings. The number of benzene rings is 2. The van der Waals surface area contributed by atoms with Gasteiger partial charge in [0.05, 0.1) is 4.83 Å². The number of rotatable bonds is 2. The first-order valence-corrected chi connectivity index (χ1v) is 7.84. The quantitative estimate of drug-likeness (QED) is 0.510. The maximum Gasteiger partial charge on any atom is 0.129 e. The molecule has 0 aromatic heterocycles. The van der Waals surface area contributed by atoms with E-state index in [4.69, 9.17) is 11.6 Å². The smallest absolute Gasteiger partial charge is 0.129 e. The van der Waals surface area contributed by atoms with Gasteiger partial charge in [0.1, 0.15) is 5.82 Å². The molecular weight excluding hydrogens is 394 g/mol. The molecule has 0 aliphatic heterocycles. The van der Waals surface area contributed by atoms with Crippen LogP contribution in [-0.2, 0) is 0 Å². The molecule has 2 aromatic rings. The molecule has 0 radical (unpaired) electrons. The van der Waals surface area contributed by atoms with Crippen molar-refractivity contribution in [2.45, 2.75) is 18.7 Å². The molecule has 0 saturated heterocycles. The minimum Gasteiger partial charge on any atom is -0.206 e. The van der Waals surface area contributed by atoms with Crippen LogP contribution in [-0.4, -0.2) is 0 Å². The molecule has 1 unspecified atom stereocenters. The maximum absolute atomic E-state index is 13.7. The van der Waals surface area contributed by atoms with Gasteiger partial charge in [-0.25, -0.2) is 4.39 Å². The molecule has 0 spiro atoms. The normalized spacial score (nSPS) is 12.5. The maximum atomic E-state index is 13.7. The van der Waals surface area contributed by atoms with E-state index in [1.54, 1.807) is 13.8 Å². The van der Waals surface area contributed by atoms with Crippen LogP contribution in [0.5, 0.6) is 0 Å². The van der Waals surface area contributed by atoms with E-state index in [9.17, 15) is 4.39 Å². The van der Waals surface area contributed by atoms with Gasteiger partial charge in [-0.3, -0.25) is 0 Å². The zero-order chi connectivity index (χ0) is 14.2. The molecule has 0 heterocycles. The number of hydrogen-bond donors (Lipinski definition) is 0. The Balaban J connectivity index is 2.49. The van der Waals surface area contributed by atoms with Gasteiger partial charge in [0.25, 0.3) is 0 Å². The molecule has 0 saturated carbocycles. The van der Waals surface area contributed by atoms with Crippen molar-refractivity contribution in [3.63, 3.8) is 0 Å². The molecule has 0 fully saturated rings. The molecule has 19 heavy (non-hydrogen) atoms. The Hall–Kier alpha value is -0.380. The lowest BCUT2D eigenvalue weighted by Gasteiger charge is -2.15. The highest BCUT2D eigenvalue weighted by Gasteiger charge is 2.16. The van der Waals surface area contributed by atoms with Gasteiger partial charge < -0.3 is 0 Å². The number of aryl methyl sites for hydroxylation is 2. The van der Waals surface area contributed by atoms with E-state index in [-0.39, 0.29) is 10.6 Å². The molecule has 4 heteroatoms. The van der Waals surface area contributed by atoms with Gasteiger partial charge in [-0.2, -0.15) is 0 Å². The highest BCUT2D eigenvalue weighted by atomic mass is 79.9. The molecule has 2 rings (SSSR count). The first kappa shape index (κ1) is 15.0. The second-order valence-electron chi connectivity index (χ2n) is 4.50. The summed E-state index contributed by atoms with van der Waals surface area (Å²) in [6, 6.07) is 9.40. The number of hydrogen-bond acceptors (Lipinski definition) is 0. The Labute approximate surface area is 134 Å². The van der Waals surface area contributed by atoms with E-state index in [0.717, 1.165) is 15.6 Å². The van der Waals surface area contributed by atoms with Crippen molar-refractivity contribution in [3.8, 4) is 0 Å². The molecule has 1 atom stereocenters. The van der Waals surface area contributed by atoms with E-state index in [1.807, 2.05) is 30.3 Å². The Kier molecular flexibility index (Phi) is 4.70. The summed E-state index contributed by atoms with van der Waals surface area (Å²) in [5, 5.41) is 0.685. The minimum atomic E-state index is -0.149. The lowest BCUT2D eigenvalue weighted by atomic mass is 10.00. The Morgan fingerprint density at radius 3 is 2.26 bits per heavy atom. The molecule has 0 nitrogen and oxygen atoms in total. The monoisotopic (exact) mass is 404 g/mol.